The van der Waals surface area contributed by atoms with Gasteiger partial charge in [0.2, 0.25) is 0 Å². The summed E-state index contributed by atoms with van der Waals surface area (Å²) < 4.78 is 6.49. The van der Waals surface area contributed by atoms with Crippen molar-refractivity contribution in [2.24, 2.45) is 0 Å². The average Bonchev–Trinajstić information content (AvgIpc) is 2.77. The van der Waals surface area contributed by atoms with Crippen molar-refractivity contribution in [1.29, 1.82) is 0 Å². The molecule has 1 aliphatic rings. The highest BCUT2D eigenvalue weighted by molar-refractivity contribution is 9.10. The summed E-state index contributed by atoms with van der Waals surface area (Å²) in [5, 5.41) is 0.662. The Morgan fingerprint density at radius 1 is 1.00 bits per heavy atom. The van der Waals surface area contributed by atoms with Gasteiger partial charge in [0.25, 0.3) is 0 Å². The van der Waals surface area contributed by atoms with Crippen LogP contribution in [0.5, 0.6) is 0 Å². The quantitative estimate of drug-likeness (QED) is 0.552. The van der Waals surface area contributed by atoms with E-state index >= 15 is 0 Å². The summed E-state index contributed by atoms with van der Waals surface area (Å²) in [6, 6.07) is 15.2. The Kier molecular flexibility index (Phi) is 3.87. The Balaban J connectivity index is 2.02. The van der Waals surface area contributed by atoms with Crippen LogP contribution < -0.4 is 0 Å². The monoisotopic (exact) mass is 362 g/mol. The van der Waals surface area contributed by atoms with Crippen LogP contribution in [0.2, 0.25) is 5.02 Å². The molecule has 0 spiro atoms. The van der Waals surface area contributed by atoms with Gasteiger partial charge in [-0.3, -0.25) is 0 Å². The van der Waals surface area contributed by atoms with Crippen molar-refractivity contribution in [2.45, 2.75) is 12.0 Å². The molecular formula is C17H12BrClO2. The third kappa shape index (κ3) is 2.76. The van der Waals surface area contributed by atoms with Gasteiger partial charge in [0.15, 0.2) is 0 Å². The standard InChI is InChI=1S/C17H12BrClO2/c1-10-15(11-4-8-14(19)9-5-11)16(21-17(10)20)12-2-6-13(18)7-3-12/h2-9,15-16H,1H2. The topological polar surface area (TPSA) is 26.3 Å². The first kappa shape index (κ1) is 14.4. The maximum Gasteiger partial charge on any atom is 0.334 e. The molecule has 21 heavy (non-hydrogen) atoms. The van der Waals surface area contributed by atoms with Gasteiger partial charge >= 0.3 is 5.97 Å². The molecule has 1 saturated heterocycles. The Morgan fingerprint density at radius 3 is 2.19 bits per heavy atom. The summed E-state index contributed by atoms with van der Waals surface area (Å²) in [5.41, 5.74) is 2.40. The molecule has 0 saturated carbocycles. The second kappa shape index (κ2) is 5.66. The number of hydrogen-bond acceptors (Lipinski definition) is 2. The molecule has 2 nitrogen and oxygen atoms in total. The molecule has 1 aliphatic heterocycles. The number of rotatable bonds is 2. The van der Waals surface area contributed by atoms with Crippen LogP contribution in [0.15, 0.2) is 65.2 Å². The fourth-order valence-corrected chi connectivity index (χ4v) is 2.92. The van der Waals surface area contributed by atoms with Crippen LogP contribution in [0, 0.1) is 0 Å². The normalized spacial score (nSPS) is 21.4. The molecule has 3 rings (SSSR count). The molecule has 2 aromatic carbocycles. The summed E-state index contributed by atoms with van der Waals surface area (Å²) >= 11 is 9.33. The van der Waals surface area contributed by atoms with Gasteiger partial charge in [-0.1, -0.05) is 58.4 Å². The first-order valence-electron chi connectivity index (χ1n) is 6.47. The van der Waals surface area contributed by atoms with Crippen molar-refractivity contribution in [2.75, 3.05) is 0 Å². The molecule has 2 aromatic rings. The molecule has 0 aliphatic carbocycles. The van der Waals surface area contributed by atoms with E-state index in [0.29, 0.717) is 10.6 Å². The largest absolute Gasteiger partial charge is 0.453 e. The van der Waals surface area contributed by atoms with E-state index in [9.17, 15) is 4.79 Å². The maximum absolute atomic E-state index is 11.9. The third-order valence-corrected chi connectivity index (χ3v) is 4.38. The molecule has 1 fully saturated rings. The highest BCUT2D eigenvalue weighted by atomic mass is 79.9. The van der Waals surface area contributed by atoms with E-state index in [1.807, 2.05) is 48.5 Å². The number of ether oxygens (including phenoxy) is 1. The Hall–Kier alpha value is -1.58. The fraction of sp³-hybridized carbons (Fsp3) is 0.118. The van der Waals surface area contributed by atoms with Gasteiger partial charge in [0.05, 0.1) is 5.92 Å². The lowest BCUT2D eigenvalue weighted by Crippen LogP contribution is -2.07. The van der Waals surface area contributed by atoms with Crippen molar-refractivity contribution in [1.82, 2.24) is 0 Å². The third-order valence-electron chi connectivity index (χ3n) is 3.60. The second-order valence-electron chi connectivity index (χ2n) is 4.93. The molecule has 0 radical (unpaired) electrons. The molecule has 2 unspecified atom stereocenters. The Bertz CT molecular complexity index is 692. The summed E-state index contributed by atoms with van der Waals surface area (Å²) in [6.07, 6.45) is -0.348. The lowest BCUT2D eigenvalue weighted by molar-refractivity contribution is -0.139. The molecule has 1 heterocycles. The minimum atomic E-state index is -0.348. The molecule has 0 N–H and O–H groups in total. The fourth-order valence-electron chi connectivity index (χ4n) is 2.53. The minimum Gasteiger partial charge on any atom is -0.453 e. The zero-order chi connectivity index (χ0) is 15.0. The van der Waals surface area contributed by atoms with Crippen molar-refractivity contribution >= 4 is 33.5 Å². The summed E-state index contributed by atoms with van der Waals surface area (Å²) in [4.78, 5) is 11.9. The predicted octanol–water partition coefficient (Wildman–Crippen LogP) is 5.04. The van der Waals surface area contributed by atoms with Gasteiger partial charge in [-0.15, -0.1) is 0 Å². The number of esters is 1. The molecule has 2 atom stereocenters. The molecule has 0 amide bonds. The van der Waals surface area contributed by atoms with Crippen LogP contribution in [-0.2, 0) is 9.53 Å². The molecule has 4 heteroatoms. The SMILES string of the molecule is C=C1C(=O)OC(c2ccc(Br)cc2)C1c1ccc(Cl)cc1. The first-order chi connectivity index (χ1) is 10.1. The van der Waals surface area contributed by atoms with Crippen molar-refractivity contribution in [3.05, 3.63) is 81.3 Å². The average molecular weight is 364 g/mol. The second-order valence-corrected chi connectivity index (χ2v) is 6.28. The minimum absolute atomic E-state index is 0.184. The van der Waals surface area contributed by atoms with Crippen LogP contribution in [-0.4, -0.2) is 5.97 Å². The van der Waals surface area contributed by atoms with Crippen LogP contribution in [0.4, 0.5) is 0 Å². The van der Waals surface area contributed by atoms with E-state index in [0.717, 1.165) is 15.6 Å². The van der Waals surface area contributed by atoms with Crippen LogP contribution in [0.3, 0.4) is 0 Å². The summed E-state index contributed by atoms with van der Waals surface area (Å²) in [6.45, 7) is 3.89. The van der Waals surface area contributed by atoms with Crippen LogP contribution >= 0.6 is 27.5 Å². The number of carbonyl (C=O) groups excluding carboxylic acids is 1. The van der Waals surface area contributed by atoms with Crippen LogP contribution in [0.1, 0.15) is 23.1 Å². The van der Waals surface area contributed by atoms with Gasteiger partial charge < -0.3 is 4.74 Å². The van der Waals surface area contributed by atoms with Gasteiger partial charge in [-0.05, 0) is 35.4 Å². The Morgan fingerprint density at radius 2 is 1.57 bits per heavy atom. The van der Waals surface area contributed by atoms with E-state index in [-0.39, 0.29) is 18.0 Å². The van der Waals surface area contributed by atoms with Crippen molar-refractivity contribution < 1.29 is 9.53 Å². The molecule has 106 valence electrons. The van der Waals surface area contributed by atoms with E-state index in [4.69, 9.17) is 16.3 Å². The van der Waals surface area contributed by atoms with Crippen molar-refractivity contribution in [3.63, 3.8) is 0 Å². The lowest BCUT2D eigenvalue weighted by atomic mass is 9.86. The molecule has 0 aromatic heterocycles. The number of cyclic esters (lactones) is 1. The van der Waals surface area contributed by atoms with Gasteiger partial charge in [-0.25, -0.2) is 4.79 Å². The molecule has 0 bridgehead atoms. The lowest BCUT2D eigenvalue weighted by Gasteiger charge is -2.18. The van der Waals surface area contributed by atoms with Gasteiger partial charge in [0.1, 0.15) is 6.10 Å². The number of hydrogen-bond donors (Lipinski definition) is 0. The van der Waals surface area contributed by atoms with Gasteiger partial charge in [0, 0.05) is 15.1 Å². The maximum atomic E-state index is 11.9. The van der Waals surface area contributed by atoms with E-state index in [1.54, 1.807) is 0 Å². The zero-order valence-electron chi connectivity index (χ0n) is 11.1. The Labute approximate surface area is 136 Å². The predicted molar refractivity (Wildman–Crippen MR) is 86.3 cm³/mol. The van der Waals surface area contributed by atoms with E-state index in [2.05, 4.69) is 22.5 Å². The van der Waals surface area contributed by atoms with Gasteiger partial charge in [-0.2, -0.15) is 0 Å². The smallest absolute Gasteiger partial charge is 0.334 e. The highest BCUT2D eigenvalue weighted by Gasteiger charge is 2.40. The zero-order valence-corrected chi connectivity index (χ0v) is 13.4. The number of halogens is 2. The van der Waals surface area contributed by atoms with E-state index in [1.165, 1.54) is 0 Å². The highest BCUT2D eigenvalue weighted by Crippen LogP contribution is 2.45. The summed E-state index contributed by atoms with van der Waals surface area (Å²) in [7, 11) is 0. The van der Waals surface area contributed by atoms with E-state index < -0.39 is 0 Å². The van der Waals surface area contributed by atoms with Crippen LogP contribution in [0.25, 0.3) is 0 Å². The molecular weight excluding hydrogens is 352 g/mol. The van der Waals surface area contributed by atoms with Crippen molar-refractivity contribution in [3.8, 4) is 0 Å². The first-order valence-corrected chi connectivity index (χ1v) is 7.64. The summed E-state index contributed by atoms with van der Waals surface area (Å²) in [5.74, 6) is -0.529. The number of carbonyl (C=O) groups is 1. The number of benzene rings is 2.